The fraction of sp³-hybridized carbons (Fsp3) is 0.217. The highest BCUT2D eigenvalue weighted by molar-refractivity contribution is 7.10. The van der Waals surface area contributed by atoms with E-state index >= 15 is 0 Å². The molecule has 1 amide bonds. The molecule has 0 aliphatic heterocycles. The molecule has 1 aliphatic carbocycles. The van der Waals surface area contributed by atoms with Gasteiger partial charge in [-0.1, -0.05) is 36.4 Å². The van der Waals surface area contributed by atoms with Gasteiger partial charge in [-0.05, 0) is 59.5 Å². The van der Waals surface area contributed by atoms with E-state index in [1.807, 2.05) is 17.5 Å². The third-order valence-corrected chi connectivity index (χ3v) is 5.89. The second kappa shape index (κ2) is 8.28. The monoisotopic (exact) mass is 388 g/mol. The Labute approximate surface area is 168 Å². The predicted octanol–water partition coefficient (Wildman–Crippen LogP) is 4.39. The molecule has 0 spiro atoms. The van der Waals surface area contributed by atoms with Gasteiger partial charge in [0.05, 0.1) is 11.6 Å². The number of nitrogens with zero attached hydrogens (tertiary/aromatic N) is 1. The molecule has 3 aromatic rings. The van der Waals surface area contributed by atoms with E-state index in [1.165, 1.54) is 17.5 Å². The Kier molecular flexibility index (Phi) is 5.41. The lowest BCUT2D eigenvalue weighted by atomic mass is 10.00. The first kappa shape index (κ1) is 18.3. The molecule has 140 valence electrons. The first-order valence-electron chi connectivity index (χ1n) is 9.31. The summed E-state index contributed by atoms with van der Waals surface area (Å²) in [5.41, 5.74) is 4.31. The van der Waals surface area contributed by atoms with Crippen LogP contribution in [0.25, 0.3) is 0 Å². The highest BCUT2D eigenvalue weighted by atomic mass is 32.1. The minimum Gasteiger partial charge on any atom is -0.482 e. The summed E-state index contributed by atoms with van der Waals surface area (Å²) >= 11 is 1.62. The van der Waals surface area contributed by atoms with Crippen molar-refractivity contribution in [3.8, 4) is 11.8 Å². The molecule has 0 saturated heterocycles. The second-order valence-electron chi connectivity index (χ2n) is 6.79. The van der Waals surface area contributed by atoms with Crippen molar-refractivity contribution in [1.29, 1.82) is 5.26 Å². The van der Waals surface area contributed by atoms with Crippen molar-refractivity contribution in [2.45, 2.75) is 25.3 Å². The van der Waals surface area contributed by atoms with Crippen molar-refractivity contribution in [3.05, 3.63) is 87.1 Å². The van der Waals surface area contributed by atoms with Crippen LogP contribution in [0.15, 0.2) is 60.0 Å². The Morgan fingerprint density at radius 3 is 2.82 bits per heavy atom. The average molecular weight is 388 g/mol. The van der Waals surface area contributed by atoms with E-state index in [0.717, 1.165) is 23.3 Å². The van der Waals surface area contributed by atoms with Crippen LogP contribution in [-0.2, 0) is 17.6 Å². The Hall–Kier alpha value is -3.10. The van der Waals surface area contributed by atoms with Gasteiger partial charge in [-0.15, -0.1) is 11.3 Å². The number of hydrogen-bond acceptors (Lipinski definition) is 4. The van der Waals surface area contributed by atoms with Crippen molar-refractivity contribution in [2.24, 2.45) is 0 Å². The largest absolute Gasteiger partial charge is 0.482 e. The van der Waals surface area contributed by atoms with Crippen LogP contribution in [0, 0.1) is 11.3 Å². The molecule has 28 heavy (non-hydrogen) atoms. The van der Waals surface area contributed by atoms with Crippen LogP contribution in [0.5, 0.6) is 5.75 Å². The molecule has 1 aromatic heterocycles. The molecule has 4 rings (SSSR count). The van der Waals surface area contributed by atoms with E-state index < -0.39 is 0 Å². The summed E-state index contributed by atoms with van der Waals surface area (Å²) in [5, 5.41) is 14.3. The number of ether oxygens (including phenoxy) is 1. The van der Waals surface area contributed by atoms with Gasteiger partial charge in [-0.3, -0.25) is 4.79 Å². The Balaban J connectivity index is 1.50. The highest BCUT2D eigenvalue weighted by Gasteiger charge is 2.21. The molecular weight excluding hydrogens is 368 g/mol. The summed E-state index contributed by atoms with van der Waals surface area (Å²) in [7, 11) is 0. The zero-order chi connectivity index (χ0) is 19.3. The lowest BCUT2D eigenvalue weighted by Gasteiger charge is -2.19. The van der Waals surface area contributed by atoms with Crippen LogP contribution in [0.3, 0.4) is 0 Å². The number of carbonyl (C=O) groups is 1. The lowest BCUT2D eigenvalue weighted by Crippen LogP contribution is -2.33. The fourth-order valence-corrected chi connectivity index (χ4v) is 4.38. The summed E-state index contributed by atoms with van der Waals surface area (Å²) in [6.45, 7) is -0.133. The van der Waals surface area contributed by atoms with Crippen molar-refractivity contribution in [3.63, 3.8) is 0 Å². The molecule has 1 N–H and O–H groups in total. The van der Waals surface area contributed by atoms with Crippen molar-refractivity contribution >= 4 is 17.2 Å². The molecule has 1 aliphatic rings. The third kappa shape index (κ3) is 3.92. The smallest absolute Gasteiger partial charge is 0.258 e. The van der Waals surface area contributed by atoms with Gasteiger partial charge in [-0.2, -0.15) is 5.26 Å². The topological polar surface area (TPSA) is 62.1 Å². The van der Waals surface area contributed by atoms with E-state index in [-0.39, 0.29) is 18.6 Å². The van der Waals surface area contributed by atoms with Crippen LogP contribution < -0.4 is 10.1 Å². The van der Waals surface area contributed by atoms with E-state index in [9.17, 15) is 4.79 Å². The number of rotatable bonds is 6. The first-order chi connectivity index (χ1) is 13.7. The number of nitrogens with one attached hydrogen (secondary N) is 1. The number of carbonyl (C=O) groups excluding carboxylic acids is 1. The maximum atomic E-state index is 12.6. The SMILES string of the molecule is N#Cc1ccccc1OCC(=O)N[C@@H](c1ccc2c(c1)CCC2)c1cccs1. The normalized spacial score (nSPS) is 13.4. The van der Waals surface area contributed by atoms with Crippen LogP contribution >= 0.6 is 11.3 Å². The van der Waals surface area contributed by atoms with E-state index in [2.05, 4.69) is 29.6 Å². The van der Waals surface area contributed by atoms with Gasteiger partial charge in [0.25, 0.3) is 5.91 Å². The first-order valence-corrected chi connectivity index (χ1v) is 10.2. The summed E-state index contributed by atoms with van der Waals surface area (Å²) in [5.74, 6) is 0.206. The van der Waals surface area contributed by atoms with Gasteiger partial charge in [0.15, 0.2) is 6.61 Å². The molecule has 1 atom stereocenters. The van der Waals surface area contributed by atoms with Crippen LogP contribution in [-0.4, -0.2) is 12.5 Å². The van der Waals surface area contributed by atoms with Gasteiger partial charge >= 0.3 is 0 Å². The number of thiophene rings is 1. The molecule has 0 fully saturated rings. The van der Waals surface area contributed by atoms with Crippen LogP contribution in [0.1, 0.15) is 39.6 Å². The molecule has 0 radical (unpaired) electrons. The maximum absolute atomic E-state index is 12.6. The third-order valence-electron chi connectivity index (χ3n) is 4.96. The number of nitriles is 1. The standard InChI is InChI=1S/C23H20N2O2S/c24-14-19-5-1-2-8-20(19)27-15-22(26)25-23(21-9-4-12-28-21)18-11-10-16-6-3-7-17(16)13-18/h1-2,4-5,8-13,23H,3,6-7,15H2,(H,25,26)/t23-/m0/s1. The van der Waals surface area contributed by atoms with Crippen LogP contribution in [0.2, 0.25) is 0 Å². The summed E-state index contributed by atoms with van der Waals surface area (Å²) in [6.07, 6.45) is 3.43. The minimum atomic E-state index is -0.216. The van der Waals surface area contributed by atoms with Gasteiger partial charge in [0, 0.05) is 4.88 Å². The molecule has 1 heterocycles. The van der Waals surface area contributed by atoms with Crippen molar-refractivity contribution < 1.29 is 9.53 Å². The molecular formula is C23H20N2O2S. The number of benzene rings is 2. The molecule has 0 unspecified atom stereocenters. The van der Waals surface area contributed by atoms with Gasteiger partial charge in [0.1, 0.15) is 11.8 Å². The van der Waals surface area contributed by atoms with Crippen molar-refractivity contribution in [2.75, 3.05) is 6.61 Å². The number of fused-ring (bicyclic) bond motifs is 1. The summed E-state index contributed by atoms with van der Waals surface area (Å²) in [6, 6.07) is 19.3. The maximum Gasteiger partial charge on any atom is 0.258 e. The Morgan fingerprint density at radius 2 is 2.00 bits per heavy atom. The molecule has 4 nitrogen and oxygen atoms in total. The zero-order valence-corrected chi connectivity index (χ0v) is 16.2. The Bertz CT molecular complexity index is 1020. The van der Waals surface area contributed by atoms with Gasteiger partial charge in [-0.25, -0.2) is 0 Å². The van der Waals surface area contributed by atoms with E-state index in [1.54, 1.807) is 35.6 Å². The lowest BCUT2D eigenvalue weighted by molar-refractivity contribution is -0.123. The predicted molar refractivity (Wildman–Crippen MR) is 109 cm³/mol. The van der Waals surface area contributed by atoms with Gasteiger partial charge < -0.3 is 10.1 Å². The van der Waals surface area contributed by atoms with E-state index in [0.29, 0.717) is 11.3 Å². The number of aryl methyl sites for hydroxylation is 2. The average Bonchev–Trinajstić information content (AvgIpc) is 3.42. The minimum absolute atomic E-state index is 0.133. The zero-order valence-electron chi connectivity index (χ0n) is 15.4. The summed E-state index contributed by atoms with van der Waals surface area (Å²) < 4.78 is 5.59. The number of hydrogen-bond donors (Lipinski definition) is 1. The molecule has 2 aromatic carbocycles. The second-order valence-corrected chi connectivity index (χ2v) is 7.77. The molecule has 5 heteroatoms. The number of para-hydroxylation sites is 1. The molecule has 0 bridgehead atoms. The van der Waals surface area contributed by atoms with Gasteiger partial charge in [0.2, 0.25) is 0 Å². The number of amides is 1. The fourth-order valence-electron chi connectivity index (χ4n) is 3.58. The molecule has 0 saturated carbocycles. The summed E-state index contributed by atoms with van der Waals surface area (Å²) in [4.78, 5) is 13.7. The Morgan fingerprint density at radius 1 is 1.14 bits per heavy atom. The highest BCUT2D eigenvalue weighted by Crippen LogP contribution is 2.30. The van der Waals surface area contributed by atoms with E-state index in [4.69, 9.17) is 10.00 Å². The van der Waals surface area contributed by atoms with Crippen LogP contribution in [0.4, 0.5) is 0 Å². The quantitative estimate of drug-likeness (QED) is 0.681. The van der Waals surface area contributed by atoms with Crippen molar-refractivity contribution in [1.82, 2.24) is 5.32 Å².